The minimum atomic E-state index is -1.05. The summed E-state index contributed by atoms with van der Waals surface area (Å²) in [5.74, 6) is -0.205. The molecule has 1 aliphatic heterocycles. The monoisotopic (exact) mass is 357 g/mol. The lowest BCUT2D eigenvalue weighted by Crippen LogP contribution is -2.55. The lowest BCUT2D eigenvalue weighted by molar-refractivity contribution is -0.120. The fourth-order valence-corrected chi connectivity index (χ4v) is 3.33. The van der Waals surface area contributed by atoms with Crippen molar-refractivity contribution in [3.05, 3.63) is 88.1 Å². The maximum Gasteiger partial charge on any atom is 0.219 e. The van der Waals surface area contributed by atoms with Gasteiger partial charge in [0.1, 0.15) is 0 Å². The van der Waals surface area contributed by atoms with Gasteiger partial charge in [0.2, 0.25) is 5.91 Å². The second-order valence-electron chi connectivity index (χ2n) is 5.39. The van der Waals surface area contributed by atoms with Gasteiger partial charge in [0.15, 0.2) is 5.66 Å². The van der Waals surface area contributed by atoms with Crippen LogP contribution >= 0.6 is 23.2 Å². The largest absolute Gasteiger partial charge is 0.361 e. The first-order chi connectivity index (χ1) is 11.5. The molecule has 0 bridgehead atoms. The SMILES string of the molecule is CC(=O)NC1(c2ccccc2Cl)NC=C[C]=C1c1ccccc1Cl. The summed E-state index contributed by atoms with van der Waals surface area (Å²) in [6.07, 6.45) is 6.68. The molecule has 1 unspecified atom stereocenters. The Morgan fingerprint density at radius 3 is 2.42 bits per heavy atom. The molecule has 0 saturated heterocycles. The highest BCUT2D eigenvalue weighted by Gasteiger charge is 2.40. The molecular weight excluding hydrogens is 343 g/mol. The van der Waals surface area contributed by atoms with Crippen LogP contribution in [-0.2, 0) is 10.5 Å². The minimum absolute atomic E-state index is 0.205. The number of hydrogen-bond acceptors (Lipinski definition) is 2. The number of dihydropyridines is 1. The van der Waals surface area contributed by atoms with Crippen LogP contribution in [0.3, 0.4) is 0 Å². The van der Waals surface area contributed by atoms with Crippen molar-refractivity contribution in [2.45, 2.75) is 12.6 Å². The fraction of sp³-hybridized carbons (Fsp3) is 0.105. The molecule has 121 valence electrons. The molecule has 0 spiro atoms. The van der Waals surface area contributed by atoms with E-state index in [9.17, 15) is 4.79 Å². The molecule has 2 aromatic rings. The van der Waals surface area contributed by atoms with E-state index in [1.54, 1.807) is 24.4 Å². The molecule has 5 heteroatoms. The van der Waals surface area contributed by atoms with Crippen molar-refractivity contribution in [3.8, 4) is 0 Å². The molecule has 1 radical (unpaired) electrons. The Balaban J connectivity index is 2.26. The van der Waals surface area contributed by atoms with E-state index in [4.69, 9.17) is 23.2 Å². The number of halogens is 2. The van der Waals surface area contributed by atoms with Crippen LogP contribution in [0.2, 0.25) is 10.0 Å². The van der Waals surface area contributed by atoms with Gasteiger partial charge in [-0.05, 0) is 30.5 Å². The van der Waals surface area contributed by atoms with Gasteiger partial charge in [-0.15, -0.1) is 0 Å². The van der Waals surface area contributed by atoms with Gasteiger partial charge in [0.05, 0.1) is 0 Å². The van der Waals surface area contributed by atoms with Crippen LogP contribution in [0.5, 0.6) is 0 Å². The summed E-state index contributed by atoms with van der Waals surface area (Å²) in [7, 11) is 0. The van der Waals surface area contributed by atoms with E-state index in [-0.39, 0.29) is 5.91 Å². The molecule has 1 aliphatic rings. The van der Waals surface area contributed by atoms with Gasteiger partial charge in [-0.25, -0.2) is 0 Å². The molecule has 0 fully saturated rings. The number of benzene rings is 2. The average molecular weight is 358 g/mol. The molecule has 1 atom stereocenters. The maximum absolute atomic E-state index is 12.0. The molecule has 0 aromatic heterocycles. The fourth-order valence-electron chi connectivity index (χ4n) is 2.82. The van der Waals surface area contributed by atoms with Crippen molar-refractivity contribution in [1.29, 1.82) is 0 Å². The molecule has 24 heavy (non-hydrogen) atoms. The van der Waals surface area contributed by atoms with Crippen molar-refractivity contribution in [1.82, 2.24) is 10.6 Å². The molecule has 0 aliphatic carbocycles. The molecule has 3 rings (SSSR count). The summed E-state index contributed by atoms with van der Waals surface area (Å²) in [4.78, 5) is 12.0. The Kier molecular flexibility index (Phi) is 4.65. The Hall–Kier alpha value is -2.23. The molecule has 2 aromatic carbocycles. The first-order valence-corrected chi connectivity index (χ1v) is 8.15. The number of rotatable bonds is 3. The third-order valence-electron chi connectivity index (χ3n) is 3.77. The van der Waals surface area contributed by atoms with Gasteiger partial charge in [0.25, 0.3) is 0 Å². The summed E-state index contributed by atoms with van der Waals surface area (Å²) in [6, 6.07) is 14.8. The van der Waals surface area contributed by atoms with Gasteiger partial charge >= 0.3 is 0 Å². The average Bonchev–Trinajstić information content (AvgIpc) is 2.56. The summed E-state index contributed by atoms with van der Waals surface area (Å²) in [6.45, 7) is 1.46. The predicted molar refractivity (Wildman–Crippen MR) is 97.3 cm³/mol. The minimum Gasteiger partial charge on any atom is -0.361 e. The van der Waals surface area contributed by atoms with E-state index < -0.39 is 5.66 Å². The van der Waals surface area contributed by atoms with Gasteiger partial charge < -0.3 is 10.6 Å². The second kappa shape index (κ2) is 6.71. The molecule has 1 heterocycles. The van der Waals surface area contributed by atoms with Crippen LogP contribution in [0.15, 0.2) is 60.8 Å². The predicted octanol–water partition coefficient (Wildman–Crippen LogP) is 4.29. The van der Waals surface area contributed by atoms with Crippen molar-refractivity contribution >= 4 is 34.7 Å². The highest BCUT2D eigenvalue weighted by Crippen LogP contribution is 2.41. The Labute approximate surface area is 151 Å². The topological polar surface area (TPSA) is 41.1 Å². The van der Waals surface area contributed by atoms with E-state index in [2.05, 4.69) is 16.7 Å². The van der Waals surface area contributed by atoms with E-state index in [0.717, 1.165) is 5.56 Å². The zero-order chi connectivity index (χ0) is 17.2. The highest BCUT2D eigenvalue weighted by atomic mass is 35.5. The number of hydrogen-bond donors (Lipinski definition) is 2. The Bertz CT molecular complexity index is 845. The second-order valence-corrected chi connectivity index (χ2v) is 6.20. The zero-order valence-electron chi connectivity index (χ0n) is 12.9. The van der Waals surface area contributed by atoms with E-state index >= 15 is 0 Å². The highest BCUT2D eigenvalue weighted by molar-refractivity contribution is 6.33. The van der Waals surface area contributed by atoms with Gasteiger partial charge in [0, 0.05) is 33.7 Å². The first kappa shape index (κ1) is 16.6. The molecular formula is C19H15Cl2N2O. The summed E-state index contributed by atoms with van der Waals surface area (Å²) in [5, 5.41) is 7.32. The first-order valence-electron chi connectivity index (χ1n) is 7.40. The lowest BCUT2D eigenvalue weighted by Gasteiger charge is -2.40. The third kappa shape index (κ3) is 2.93. The van der Waals surface area contributed by atoms with Crippen LogP contribution in [0.1, 0.15) is 18.1 Å². The van der Waals surface area contributed by atoms with Crippen molar-refractivity contribution < 1.29 is 4.79 Å². The van der Waals surface area contributed by atoms with E-state index in [0.29, 0.717) is 21.2 Å². The van der Waals surface area contributed by atoms with Crippen LogP contribution in [0.4, 0.5) is 0 Å². The van der Waals surface area contributed by atoms with Crippen molar-refractivity contribution in [2.75, 3.05) is 0 Å². The number of nitrogens with one attached hydrogen (secondary N) is 2. The number of carbonyl (C=O) groups is 1. The van der Waals surface area contributed by atoms with Gasteiger partial charge in [-0.2, -0.15) is 0 Å². The quantitative estimate of drug-likeness (QED) is 0.860. The zero-order valence-corrected chi connectivity index (χ0v) is 14.4. The summed E-state index contributed by atoms with van der Waals surface area (Å²) >= 11 is 12.8. The molecule has 3 nitrogen and oxygen atoms in total. The van der Waals surface area contributed by atoms with E-state index in [1.807, 2.05) is 36.4 Å². The van der Waals surface area contributed by atoms with Gasteiger partial charge in [-0.3, -0.25) is 4.79 Å². The van der Waals surface area contributed by atoms with E-state index in [1.165, 1.54) is 6.92 Å². The number of carbonyl (C=O) groups excluding carboxylic acids is 1. The Morgan fingerprint density at radius 2 is 1.75 bits per heavy atom. The maximum atomic E-state index is 12.0. The molecule has 2 N–H and O–H groups in total. The van der Waals surface area contributed by atoms with Crippen molar-refractivity contribution in [2.24, 2.45) is 0 Å². The summed E-state index contributed by atoms with van der Waals surface area (Å²) < 4.78 is 0. The lowest BCUT2D eigenvalue weighted by atomic mass is 9.84. The number of allylic oxidation sites excluding steroid dienone is 2. The smallest absolute Gasteiger partial charge is 0.219 e. The van der Waals surface area contributed by atoms with Crippen molar-refractivity contribution in [3.63, 3.8) is 0 Å². The molecule has 1 amide bonds. The van der Waals surface area contributed by atoms with Crippen LogP contribution in [-0.4, -0.2) is 5.91 Å². The number of amides is 1. The molecule has 0 saturated carbocycles. The Morgan fingerprint density at radius 1 is 1.08 bits per heavy atom. The van der Waals surface area contributed by atoms with Crippen LogP contribution in [0, 0.1) is 6.08 Å². The van der Waals surface area contributed by atoms with Crippen LogP contribution < -0.4 is 10.6 Å². The summed E-state index contributed by atoms with van der Waals surface area (Å²) in [5.41, 5.74) is 1.13. The van der Waals surface area contributed by atoms with Crippen LogP contribution in [0.25, 0.3) is 5.57 Å². The standard InChI is InChI=1S/C19H15Cl2N2O/c1-13(24)23-19(16-8-3-5-11-18(16)21)15(9-6-12-22-19)14-7-2-4-10-17(14)20/h2-8,10-12,22H,1H3,(H,23,24). The normalized spacial score (nSPS) is 19.4. The van der Waals surface area contributed by atoms with Gasteiger partial charge in [-0.1, -0.05) is 59.6 Å². The third-order valence-corrected chi connectivity index (χ3v) is 4.43.